The highest BCUT2D eigenvalue weighted by atomic mass is 14.2. The van der Waals surface area contributed by atoms with E-state index in [-0.39, 0.29) is 5.41 Å². The van der Waals surface area contributed by atoms with Crippen molar-refractivity contribution in [2.75, 3.05) is 0 Å². The molecule has 0 aliphatic heterocycles. The zero-order valence-corrected chi connectivity index (χ0v) is 19.7. The number of hydrogen-bond acceptors (Lipinski definition) is 0. The van der Waals surface area contributed by atoms with E-state index in [0.29, 0.717) is 0 Å². The third-order valence-corrected chi connectivity index (χ3v) is 5.11. The third-order valence-electron chi connectivity index (χ3n) is 5.11. The predicted octanol–water partition coefficient (Wildman–Crippen LogP) is 8.86. The molecule has 0 bridgehead atoms. The molecule has 154 valence electrons. The Bertz CT molecular complexity index is 894. The normalized spacial score (nSPS) is 12.1. The minimum absolute atomic E-state index is 0.285. The fourth-order valence-corrected chi connectivity index (χ4v) is 2.99. The van der Waals surface area contributed by atoms with E-state index < -0.39 is 0 Å². The zero-order chi connectivity index (χ0) is 22.2. The van der Waals surface area contributed by atoms with Gasteiger partial charge in [0, 0.05) is 0 Å². The second kappa shape index (κ2) is 10.8. The van der Waals surface area contributed by atoms with Gasteiger partial charge >= 0.3 is 0 Å². The maximum atomic E-state index is 4.00. The van der Waals surface area contributed by atoms with Crippen molar-refractivity contribution < 1.29 is 0 Å². The van der Waals surface area contributed by atoms with Crippen LogP contribution in [-0.4, -0.2) is 0 Å². The molecule has 0 heteroatoms. The van der Waals surface area contributed by atoms with Gasteiger partial charge in [0.05, 0.1) is 0 Å². The summed E-state index contributed by atoms with van der Waals surface area (Å²) in [6, 6.07) is 15.3. The molecule has 0 N–H and O–H groups in total. The molecule has 0 amide bonds. The fourth-order valence-electron chi connectivity index (χ4n) is 2.99. The van der Waals surface area contributed by atoms with Crippen LogP contribution in [0.5, 0.6) is 0 Å². The molecule has 0 nitrogen and oxygen atoms in total. The fraction of sp³-hybridized carbons (Fsp3) is 0.310. The topological polar surface area (TPSA) is 0 Å². The number of aryl methyl sites for hydroxylation is 2. The zero-order valence-electron chi connectivity index (χ0n) is 19.7. The molecule has 0 aromatic heterocycles. The van der Waals surface area contributed by atoms with E-state index >= 15 is 0 Å². The highest BCUT2D eigenvalue weighted by molar-refractivity contribution is 5.73. The van der Waals surface area contributed by atoms with Crippen molar-refractivity contribution in [2.45, 2.75) is 60.8 Å². The Morgan fingerprint density at radius 2 is 1.48 bits per heavy atom. The molecule has 0 unspecified atom stereocenters. The summed E-state index contributed by atoms with van der Waals surface area (Å²) < 4.78 is 0. The van der Waals surface area contributed by atoms with Crippen LogP contribution in [0.1, 0.15) is 69.4 Å². The highest BCUT2D eigenvalue weighted by Gasteiger charge is 2.11. The lowest BCUT2D eigenvalue weighted by Crippen LogP contribution is -2.10. The second-order valence-electron chi connectivity index (χ2n) is 8.83. The Balaban J connectivity index is 0.000000326. The Morgan fingerprint density at radius 3 is 1.93 bits per heavy atom. The summed E-state index contributed by atoms with van der Waals surface area (Å²) in [5.41, 5.74) is 10.5. The first-order chi connectivity index (χ1) is 13.5. The first kappa shape index (κ1) is 24.4. The molecule has 29 heavy (non-hydrogen) atoms. The summed E-state index contributed by atoms with van der Waals surface area (Å²) in [6.07, 6.45) is 5.85. The molecule has 0 heterocycles. The summed E-state index contributed by atoms with van der Waals surface area (Å²) in [5, 5.41) is 0. The summed E-state index contributed by atoms with van der Waals surface area (Å²) in [6.45, 7) is 25.0. The molecule has 2 aromatic carbocycles. The van der Waals surface area contributed by atoms with E-state index in [9.17, 15) is 0 Å². The van der Waals surface area contributed by atoms with Crippen molar-refractivity contribution in [1.29, 1.82) is 0 Å². The quantitative estimate of drug-likeness (QED) is 0.460. The van der Waals surface area contributed by atoms with E-state index in [1.165, 1.54) is 39.0 Å². The summed E-state index contributed by atoms with van der Waals surface area (Å²) >= 11 is 0. The first-order valence-electron chi connectivity index (χ1n) is 10.3. The summed E-state index contributed by atoms with van der Waals surface area (Å²) in [7, 11) is 0. The Morgan fingerprint density at radius 1 is 0.897 bits per heavy atom. The van der Waals surface area contributed by atoms with Gasteiger partial charge in [0.2, 0.25) is 0 Å². The number of benzene rings is 2. The molecule has 0 saturated carbocycles. The van der Waals surface area contributed by atoms with Gasteiger partial charge in [-0.2, -0.15) is 0 Å². The molecule has 0 spiro atoms. The van der Waals surface area contributed by atoms with Crippen LogP contribution in [0.3, 0.4) is 0 Å². The van der Waals surface area contributed by atoms with Crippen molar-refractivity contribution in [3.8, 4) is 0 Å². The van der Waals surface area contributed by atoms with Crippen LogP contribution in [0.25, 0.3) is 11.1 Å². The molecule has 0 radical (unpaired) electrons. The van der Waals surface area contributed by atoms with Crippen LogP contribution in [0.2, 0.25) is 0 Å². The van der Waals surface area contributed by atoms with Crippen molar-refractivity contribution in [1.82, 2.24) is 0 Å². The lowest BCUT2D eigenvalue weighted by molar-refractivity contribution is 0.590. The van der Waals surface area contributed by atoms with Gasteiger partial charge in [-0.1, -0.05) is 106 Å². The lowest BCUT2D eigenvalue weighted by atomic mass is 9.87. The molecule has 2 aromatic rings. The van der Waals surface area contributed by atoms with Gasteiger partial charge in [-0.3, -0.25) is 0 Å². The van der Waals surface area contributed by atoms with Crippen LogP contribution in [0.4, 0.5) is 0 Å². The molecular formula is C29H38. The smallest absolute Gasteiger partial charge is 0.0132 e. The maximum absolute atomic E-state index is 4.00. The molecule has 0 atom stereocenters. The average Bonchev–Trinajstić information content (AvgIpc) is 2.65. The van der Waals surface area contributed by atoms with E-state index in [1.54, 1.807) is 6.08 Å². The Hall–Kier alpha value is -2.60. The van der Waals surface area contributed by atoms with Crippen LogP contribution >= 0.6 is 0 Å². The lowest BCUT2D eigenvalue weighted by Gasteiger charge is -2.18. The van der Waals surface area contributed by atoms with Gasteiger partial charge in [-0.25, -0.2) is 0 Å². The van der Waals surface area contributed by atoms with Gasteiger partial charge in [-0.05, 0) is 73.4 Å². The van der Waals surface area contributed by atoms with Crippen LogP contribution in [-0.2, 0) is 5.41 Å². The Labute approximate surface area is 179 Å². The highest BCUT2D eigenvalue weighted by Crippen LogP contribution is 2.24. The summed E-state index contributed by atoms with van der Waals surface area (Å²) in [4.78, 5) is 0. The second-order valence-corrected chi connectivity index (χ2v) is 8.83. The van der Waals surface area contributed by atoms with E-state index in [2.05, 4.69) is 110 Å². The molecule has 0 saturated heterocycles. The van der Waals surface area contributed by atoms with E-state index in [4.69, 9.17) is 0 Å². The van der Waals surface area contributed by atoms with E-state index in [0.717, 1.165) is 5.57 Å². The molecule has 0 aliphatic carbocycles. The van der Waals surface area contributed by atoms with E-state index in [1.807, 2.05) is 13.0 Å². The van der Waals surface area contributed by atoms with Gasteiger partial charge < -0.3 is 0 Å². The molecule has 0 aliphatic rings. The standard InChI is InChI=1S/C18H22.C11H16/c1-7-8-9-14(4)16(6)17-10-11-18(13(2)3)15(5)12-17;1-9-5-7-10(8-6-9)11(2,3)4/h7-12H,1-2H2,3-6H3;5-8H,1-4H3/b9-8-,16-14+;. The van der Waals surface area contributed by atoms with Crippen molar-refractivity contribution in [2.24, 2.45) is 0 Å². The van der Waals surface area contributed by atoms with Gasteiger partial charge in [0.15, 0.2) is 0 Å². The van der Waals surface area contributed by atoms with Gasteiger partial charge in [0.25, 0.3) is 0 Å². The van der Waals surface area contributed by atoms with Gasteiger partial charge in [-0.15, -0.1) is 0 Å². The largest absolute Gasteiger partial charge is 0.0991 e. The number of hydrogen-bond donors (Lipinski definition) is 0. The molecule has 2 rings (SSSR count). The molecule has 0 fully saturated rings. The Kier molecular flexibility index (Phi) is 9.11. The summed E-state index contributed by atoms with van der Waals surface area (Å²) in [5.74, 6) is 0. The third kappa shape index (κ3) is 7.74. The van der Waals surface area contributed by atoms with Crippen molar-refractivity contribution in [3.05, 3.63) is 107 Å². The minimum atomic E-state index is 0.285. The average molecular weight is 387 g/mol. The number of rotatable bonds is 4. The molecular weight excluding hydrogens is 348 g/mol. The predicted molar refractivity (Wildman–Crippen MR) is 133 cm³/mol. The van der Waals surface area contributed by atoms with Crippen LogP contribution in [0.15, 0.2) is 79.4 Å². The van der Waals surface area contributed by atoms with Crippen LogP contribution < -0.4 is 0 Å². The van der Waals surface area contributed by atoms with Crippen molar-refractivity contribution in [3.63, 3.8) is 0 Å². The maximum Gasteiger partial charge on any atom is -0.0132 e. The van der Waals surface area contributed by atoms with Crippen LogP contribution in [0, 0.1) is 13.8 Å². The minimum Gasteiger partial charge on any atom is -0.0991 e. The monoisotopic (exact) mass is 386 g/mol. The van der Waals surface area contributed by atoms with Gasteiger partial charge in [0.1, 0.15) is 0 Å². The van der Waals surface area contributed by atoms with Crippen molar-refractivity contribution >= 4 is 11.1 Å². The first-order valence-corrected chi connectivity index (χ1v) is 10.3. The number of allylic oxidation sites excluding steroid dienone is 6. The SMILES string of the molecule is C=C/C=C\C(C)=C(/C)c1ccc(C(=C)C)c(C)c1.Cc1ccc(C(C)(C)C)cc1.